The number of ether oxygens (including phenoxy) is 1. The molecule has 1 amide bonds. The summed E-state index contributed by atoms with van der Waals surface area (Å²) in [4.78, 5) is 16.0. The quantitative estimate of drug-likeness (QED) is 0.662. The second kappa shape index (κ2) is 8.89. The maximum Gasteiger partial charge on any atom is 0.573 e. The van der Waals surface area contributed by atoms with E-state index in [1.807, 2.05) is 13.8 Å². The van der Waals surface area contributed by atoms with Gasteiger partial charge in [0.1, 0.15) is 5.75 Å². The lowest BCUT2D eigenvalue weighted by Gasteiger charge is -2.30. The van der Waals surface area contributed by atoms with Gasteiger partial charge in [-0.25, -0.2) is 0 Å². The number of carbonyl (C=O) groups excluding carboxylic acids is 1. The van der Waals surface area contributed by atoms with Crippen molar-refractivity contribution in [2.45, 2.75) is 39.7 Å². The first-order chi connectivity index (χ1) is 11.5. The first-order valence-electron chi connectivity index (χ1n) is 8.02. The molecule has 4 nitrogen and oxygen atoms in total. The summed E-state index contributed by atoms with van der Waals surface area (Å²) in [6.45, 7) is 10.4. The van der Waals surface area contributed by atoms with Crippen LogP contribution in [0.4, 0.5) is 13.2 Å². The van der Waals surface area contributed by atoms with E-state index in [0.717, 1.165) is 5.57 Å². The van der Waals surface area contributed by atoms with E-state index in [0.29, 0.717) is 18.7 Å². The molecule has 0 saturated heterocycles. The van der Waals surface area contributed by atoms with Crippen LogP contribution >= 0.6 is 0 Å². The Labute approximate surface area is 146 Å². The number of alkyl halides is 3. The summed E-state index contributed by atoms with van der Waals surface area (Å²) in [5.74, 6) is -0.349. The summed E-state index contributed by atoms with van der Waals surface area (Å²) < 4.78 is 41.6. The zero-order chi connectivity index (χ0) is 19.2. The number of hydrogen-bond donors (Lipinski definition) is 0. The number of para-hydroxylation sites is 1. The smallest absolute Gasteiger partial charge is 0.405 e. The van der Waals surface area contributed by atoms with Crippen molar-refractivity contribution in [3.8, 4) is 5.75 Å². The maximum atomic E-state index is 12.6. The highest BCUT2D eigenvalue weighted by atomic mass is 19.4. The van der Waals surface area contributed by atoms with Crippen molar-refractivity contribution < 1.29 is 22.7 Å². The van der Waals surface area contributed by atoms with Gasteiger partial charge in [-0.2, -0.15) is 0 Å². The molecule has 0 aliphatic heterocycles. The van der Waals surface area contributed by atoms with Crippen LogP contribution in [0.5, 0.6) is 5.75 Å². The first kappa shape index (κ1) is 21.0. The lowest BCUT2D eigenvalue weighted by molar-refractivity contribution is -0.275. The molecule has 0 saturated carbocycles. The van der Waals surface area contributed by atoms with Crippen molar-refractivity contribution in [1.29, 1.82) is 0 Å². The van der Waals surface area contributed by atoms with Gasteiger partial charge in [-0.3, -0.25) is 9.69 Å². The van der Waals surface area contributed by atoms with Gasteiger partial charge in [0.05, 0.1) is 6.04 Å². The molecular formula is C18H25F3N2O2. The maximum absolute atomic E-state index is 12.6. The first-order valence-corrected chi connectivity index (χ1v) is 8.02. The summed E-state index contributed by atoms with van der Waals surface area (Å²) in [5, 5.41) is 0. The average molecular weight is 358 g/mol. The highest BCUT2D eigenvalue weighted by molar-refractivity contribution is 5.81. The molecule has 0 aliphatic carbocycles. The zero-order valence-electron chi connectivity index (χ0n) is 15.1. The molecule has 0 aromatic heterocycles. The fraction of sp³-hybridized carbons (Fsp3) is 0.500. The Balaban J connectivity index is 2.86. The molecule has 1 aromatic carbocycles. The molecule has 1 aromatic rings. The van der Waals surface area contributed by atoms with E-state index in [2.05, 4.69) is 11.3 Å². The van der Waals surface area contributed by atoms with Crippen LogP contribution in [-0.4, -0.2) is 48.2 Å². The Hall–Kier alpha value is -2.02. The Morgan fingerprint density at radius 2 is 1.92 bits per heavy atom. The molecule has 0 bridgehead atoms. The van der Waals surface area contributed by atoms with E-state index in [1.165, 1.54) is 12.1 Å². The van der Waals surface area contributed by atoms with Gasteiger partial charge >= 0.3 is 6.36 Å². The van der Waals surface area contributed by atoms with E-state index in [-0.39, 0.29) is 18.2 Å². The molecule has 1 rings (SSSR count). The highest BCUT2D eigenvalue weighted by Crippen LogP contribution is 2.27. The van der Waals surface area contributed by atoms with Gasteiger partial charge in [0, 0.05) is 25.2 Å². The lowest BCUT2D eigenvalue weighted by Crippen LogP contribution is -2.45. The van der Waals surface area contributed by atoms with Gasteiger partial charge in [0.2, 0.25) is 5.91 Å². The highest BCUT2D eigenvalue weighted by Gasteiger charge is 2.32. The molecule has 0 fully saturated rings. The van der Waals surface area contributed by atoms with Crippen LogP contribution in [-0.2, 0) is 11.3 Å². The Bertz CT molecular complexity index is 602. The normalized spacial score (nSPS) is 12.8. The second-order valence-electron chi connectivity index (χ2n) is 6.06. The number of likely N-dealkylation sites (N-methyl/N-ethyl adjacent to an activating group) is 2. The summed E-state index contributed by atoms with van der Waals surface area (Å²) >= 11 is 0. The second-order valence-corrected chi connectivity index (χ2v) is 6.06. The van der Waals surface area contributed by atoms with Gasteiger partial charge in [-0.15, -0.1) is 13.2 Å². The minimum atomic E-state index is -4.75. The van der Waals surface area contributed by atoms with Crippen LogP contribution in [0.15, 0.2) is 36.4 Å². The van der Waals surface area contributed by atoms with Crippen molar-refractivity contribution in [2.75, 3.05) is 20.1 Å². The number of rotatable bonds is 8. The molecule has 0 radical (unpaired) electrons. The molecule has 0 unspecified atom stereocenters. The van der Waals surface area contributed by atoms with Crippen molar-refractivity contribution in [3.05, 3.63) is 42.0 Å². The Morgan fingerprint density at radius 3 is 2.44 bits per heavy atom. The molecule has 0 aliphatic rings. The molecule has 140 valence electrons. The molecule has 0 N–H and O–H groups in total. The molecular weight excluding hydrogens is 333 g/mol. The van der Waals surface area contributed by atoms with Crippen molar-refractivity contribution in [1.82, 2.24) is 9.80 Å². The third-order valence-corrected chi connectivity index (χ3v) is 3.79. The van der Waals surface area contributed by atoms with Crippen LogP contribution in [0.3, 0.4) is 0 Å². The van der Waals surface area contributed by atoms with E-state index < -0.39 is 12.4 Å². The third-order valence-electron chi connectivity index (χ3n) is 3.79. The van der Waals surface area contributed by atoms with Gasteiger partial charge in [-0.05, 0) is 33.9 Å². The van der Waals surface area contributed by atoms with Crippen molar-refractivity contribution in [3.63, 3.8) is 0 Å². The van der Waals surface area contributed by atoms with Gasteiger partial charge < -0.3 is 9.64 Å². The summed E-state index contributed by atoms with van der Waals surface area (Å²) in [6, 6.07) is 5.45. The van der Waals surface area contributed by atoms with Crippen molar-refractivity contribution in [2.24, 2.45) is 0 Å². The van der Waals surface area contributed by atoms with Crippen LogP contribution < -0.4 is 4.74 Å². The van der Waals surface area contributed by atoms with Crippen LogP contribution in [0.25, 0.3) is 0 Å². The predicted molar refractivity (Wildman–Crippen MR) is 91.1 cm³/mol. The lowest BCUT2D eigenvalue weighted by atomic mass is 10.1. The predicted octanol–water partition coefficient (Wildman–Crippen LogP) is 3.83. The van der Waals surface area contributed by atoms with Gasteiger partial charge in [0.25, 0.3) is 0 Å². The fourth-order valence-corrected chi connectivity index (χ4v) is 2.39. The molecule has 1 atom stereocenters. The van der Waals surface area contributed by atoms with E-state index >= 15 is 0 Å². The minimum absolute atomic E-state index is 0.0952. The molecule has 0 heterocycles. The Morgan fingerprint density at radius 1 is 1.32 bits per heavy atom. The molecule has 25 heavy (non-hydrogen) atoms. The average Bonchev–Trinajstić information content (AvgIpc) is 2.51. The number of benzene rings is 1. The van der Waals surface area contributed by atoms with Gasteiger partial charge in [-0.1, -0.05) is 30.4 Å². The van der Waals surface area contributed by atoms with Crippen LogP contribution in [0.2, 0.25) is 0 Å². The third kappa shape index (κ3) is 6.78. The van der Waals surface area contributed by atoms with E-state index in [9.17, 15) is 18.0 Å². The van der Waals surface area contributed by atoms with E-state index in [1.54, 1.807) is 35.9 Å². The van der Waals surface area contributed by atoms with Crippen LogP contribution in [0, 0.1) is 0 Å². The largest absolute Gasteiger partial charge is 0.573 e. The molecule has 0 spiro atoms. The summed E-state index contributed by atoms with van der Waals surface area (Å²) in [7, 11) is 1.70. The van der Waals surface area contributed by atoms with Crippen LogP contribution in [0.1, 0.15) is 26.3 Å². The fourth-order valence-electron chi connectivity index (χ4n) is 2.39. The number of halogens is 3. The van der Waals surface area contributed by atoms with Gasteiger partial charge in [0.15, 0.2) is 0 Å². The topological polar surface area (TPSA) is 32.8 Å². The Kier molecular flexibility index (Phi) is 7.48. The summed E-state index contributed by atoms with van der Waals surface area (Å²) in [5.41, 5.74) is 1.24. The zero-order valence-corrected chi connectivity index (χ0v) is 15.1. The SMILES string of the molecule is C=C(C)CN(CC)C(=O)[C@H](C)N(C)Cc1ccccc1OC(F)(F)F. The number of nitrogens with zero attached hydrogens (tertiary/aromatic N) is 2. The monoisotopic (exact) mass is 358 g/mol. The standard InChI is InChI=1S/C18H25F3N2O2/c1-6-23(11-13(2)3)17(24)14(4)22(5)12-15-9-7-8-10-16(15)25-18(19,20)21/h7-10,14H,2,6,11-12H2,1,3-5H3/t14-/m0/s1. The number of carbonyl (C=O) groups is 1. The molecule has 7 heteroatoms. The van der Waals surface area contributed by atoms with Crippen molar-refractivity contribution >= 4 is 5.91 Å². The summed E-state index contributed by atoms with van der Waals surface area (Å²) in [6.07, 6.45) is -4.75. The number of amides is 1. The number of hydrogen-bond acceptors (Lipinski definition) is 3. The minimum Gasteiger partial charge on any atom is -0.405 e. The van der Waals surface area contributed by atoms with E-state index in [4.69, 9.17) is 0 Å².